The molecule has 1 aliphatic carbocycles. The highest BCUT2D eigenvalue weighted by atomic mass is 16.5. The highest BCUT2D eigenvalue weighted by Gasteiger charge is 2.43. The van der Waals surface area contributed by atoms with Crippen LogP contribution in [0.3, 0.4) is 0 Å². The number of benzene rings is 1. The Balaban J connectivity index is 1.73. The van der Waals surface area contributed by atoms with Gasteiger partial charge < -0.3 is 20.5 Å². The van der Waals surface area contributed by atoms with E-state index in [1.54, 1.807) is 0 Å². The molecule has 0 saturated heterocycles. The normalized spacial score (nSPS) is 24.8. The number of aliphatic hydroxyl groups is 1. The summed E-state index contributed by atoms with van der Waals surface area (Å²) in [6.07, 6.45) is 2.83. The van der Waals surface area contributed by atoms with Crippen LogP contribution in [0.4, 0.5) is 4.79 Å². The molecule has 2 unspecified atom stereocenters. The maximum Gasteiger partial charge on any atom is 0.315 e. The van der Waals surface area contributed by atoms with Gasteiger partial charge in [0.1, 0.15) is 11.4 Å². The fourth-order valence-corrected chi connectivity index (χ4v) is 3.38. The van der Waals surface area contributed by atoms with Crippen LogP contribution in [-0.4, -0.2) is 28.9 Å². The highest BCUT2D eigenvalue weighted by molar-refractivity contribution is 5.75. The second kappa shape index (κ2) is 5.71. The average molecular weight is 318 g/mol. The summed E-state index contributed by atoms with van der Waals surface area (Å²) >= 11 is 0. The van der Waals surface area contributed by atoms with Crippen LogP contribution in [-0.2, 0) is 0 Å². The minimum absolute atomic E-state index is 0.0407. The van der Waals surface area contributed by atoms with Gasteiger partial charge >= 0.3 is 6.03 Å². The van der Waals surface area contributed by atoms with Crippen molar-refractivity contribution in [3.63, 3.8) is 0 Å². The van der Waals surface area contributed by atoms with Crippen LogP contribution in [0.5, 0.6) is 5.75 Å². The van der Waals surface area contributed by atoms with Gasteiger partial charge in [-0.3, -0.25) is 0 Å². The number of aliphatic hydroxyl groups excluding tert-OH is 1. The zero-order valence-electron chi connectivity index (χ0n) is 14.1. The van der Waals surface area contributed by atoms with E-state index in [-0.39, 0.29) is 24.3 Å². The molecule has 3 rings (SSSR count). The Morgan fingerprint density at radius 1 is 1.39 bits per heavy atom. The molecule has 1 aromatic carbocycles. The monoisotopic (exact) mass is 318 g/mol. The van der Waals surface area contributed by atoms with Crippen molar-refractivity contribution in [3.05, 3.63) is 29.8 Å². The molecule has 1 heterocycles. The zero-order valence-corrected chi connectivity index (χ0v) is 14.1. The summed E-state index contributed by atoms with van der Waals surface area (Å²) in [6.45, 7) is 5.92. The quantitative estimate of drug-likeness (QED) is 0.799. The van der Waals surface area contributed by atoms with Gasteiger partial charge in [0.15, 0.2) is 0 Å². The number of nitrogens with one attached hydrogen (secondary N) is 2. The van der Waals surface area contributed by atoms with Crippen molar-refractivity contribution in [2.24, 2.45) is 5.92 Å². The van der Waals surface area contributed by atoms with E-state index < -0.39 is 5.54 Å². The Morgan fingerprint density at radius 2 is 2.09 bits per heavy atom. The molecule has 0 spiro atoms. The first-order valence-electron chi connectivity index (χ1n) is 8.30. The smallest absolute Gasteiger partial charge is 0.315 e. The number of ether oxygens (including phenoxy) is 1. The SMILES string of the molecule is CC1(C)CC(NC(=O)NC(C)(CO)C2CC2)c2ccccc2O1. The van der Waals surface area contributed by atoms with Crippen LogP contribution in [0.2, 0.25) is 0 Å². The van der Waals surface area contributed by atoms with Crippen LogP contribution < -0.4 is 15.4 Å². The molecule has 3 N–H and O–H groups in total. The molecule has 5 heteroatoms. The molecule has 126 valence electrons. The summed E-state index contributed by atoms with van der Waals surface area (Å²) in [5.74, 6) is 1.19. The van der Waals surface area contributed by atoms with Crippen molar-refractivity contribution in [1.29, 1.82) is 0 Å². The highest BCUT2D eigenvalue weighted by Crippen LogP contribution is 2.40. The lowest BCUT2D eigenvalue weighted by atomic mass is 9.89. The average Bonchev–Trinajstić information content (AvgIpc) is 3.30. The molecule has 0 bridgehead atoms. The van der Waals surface area contributed by atoms with Gasteiger partial charge in [0, 0.05) is 12.0 Å². The third-order valence-electron chi connectivity index (χ3n) is 4.89. The molecule has 1 aliphatic heterocycles. The summed E-state index contributed by atoms with van der Waals surface area (Å²) in [5, 5.41) is 15.7. The van der Waals surface area contributed by atoms with E-state index >= 15 is 0 Å². The summed E-state index contributed by atoms with van der Waals surface area (Å²) < 4.78 is 5.99. The van der Waals surface area contributed by atoms with Gasteiger partial charge in [-0.2, -0.15) is 0 Å². The van der Waals surface area contributed by atoms with E-state index in [0.29, 0.717) is 12.3 Å². The molecule has 1 saturated carbocycles. The van der Waals surface area contributed by atoms with Gasteiger partial charge in [0.2, 0.25) is 0 Å². The third kappa shape index (κ3) is 3.44. The minimum Gasteiger partial charge on any atom is -0.487 e. The van der Waals surface area contributed by atoms with Gasteiger partial charge in [-0.15, -0.1) is 0 Å². The number of hydrogen-bond donors (Lipinski definition) is 3. The molecular weight excluding hydrogens is 292 g/mol. The standard InChI is InChI=1S/C18H26N2O3/c1-17(2)10-14(13-6-4-5-7-15(13)23-17)19-16(22)20-18(3,11-21)12-8-9-12/h4-7,12,14,21H,8-11H2,1-3H3,(H2,19,20,22). The Bertz CT molecular complexity index is 598. The van der Waals surface area contributed by atoms with Gasteiger partial charge in [-0.05, 0) is 45.6 Å². The van der Waals surface area contributed by atoms with Gasteiger partial charge in [0.25, 0.3) is 0 Å². The Labute approximate surface area is 137 Å². The first-order chi connectivity index (χ1) is 10.8. The van der Waals surface area contributed by atoms with E-state index in [4.69, 9.17) is 4.74 Å². The van der Waals surface area contributed by atoms with E-state index in [0.717, 1.165) is 24.2 Å². The van der Waals surface area contributed by atoms with Crippen molar-refractivity contribution in [2.75, 3.05) is 6.61 Å². The van der Waals surface area contributed by atoms with Gasteiger partial charge in [0.05, 0.1) is 18.2 Å². The third-order valence-corrected chi connectivity index (χ3v) is 4.89. The van der Waals surface area contributed by atoms with Crippen LogP contribution in [0, 0.1) is 5.92 Å². The molecule has 23 heavy (non-hydrogen) atoms. The Morgan fingerprint density at radius 3 is 2.74 bits per heavy atom. The molecule has 2 amide bonds. The van der Waals surface area contributed by atoms with Crippen molar-refractivity contribution < 1.29 is 14.6 Å². The molecule has 2 atom stereocenters. The maximum atomic E-state index is 12.5. The molecule has 1 fully saturated rings. The second-order valence-electron chi connectivity index (χ2n) is 7.60. The second-order valence-corrected chi connectivity index (χ2v) is 7.60. The lowest BCUT2D eigenvalue weighted by Crippen LogP contribution is -2.55. The number of hydrogen-bond acceptors (Lipinski definition) is 3. The summed E-state index contributed by atoms with van der Waals surface area (Å²) in [5.41, 5.74) is 0.131. The topological polar surface area (TPSA) is 70.6 Å². The fourth-order valence-electron chi connectivity index (χ4n) is 3.38. The van der Waals surface area contributed by atoms with Gasteiger partial charge in [-0.1, -0.05) is 18.2 Å². The number of carbonyl (C=O) groups excluding carboxylic acids is 1. The van der Waals surface area contributed by atoms with E-state index in [1.165, 1.54) is 0 Å². The molecule has 5 nitrogen and oxygen atoms in total. The van der Waals surface area contributed by atoms with E-state index in [2.05, 4.69) is 10.6 Å². The number of para-hydroxylation sites is 1. The number of urea groups is 1. The van der Waals surface area contributed by atoms with Crippen molar-refractivity contribution in [1.82, 2.24) is 10.6 Å². The summed E-state index contributed by atoms with van der Waals surface area (Å²) in [4.78, 5) is 12.5. The Kier molecular flexibility index (Phi) is 4.00. The van der Waals surface area contributed by atoms with E-state index in [9.17, 15) is 9.90 Å². The van der Waals surface area contributed by atoms with Crippen molar-refractivity contribution in [3.8, 4) is 5.75 Å². The maximum absolute atomic E-state index is 12.5. The number of carbonyl (C=O) groups is 1. The van der Waals surface area contributed by atoms with Crippen LogP contribution >= 0.6 is 0 Å². The number of amides is 2. The first-order valence-corrected chi connectivity index (χ1v) is 8.30. The van der Waals surface area contributed by atoms with Crippen LogP contribution in [0.1, 0.15) is 51.6 Å². The molecule has 1 aromatic rings. The summed E-state index contributed by atoms with van der Waals surface area (Å²) in [7, 11) is 0. The molecule has 0 aromatic heterocycles. The van der Waals surface area contributed by atoms with Crippen LogP contribution in [0.25, 0.3) is 0 Å². The lowest BCUT2D eigenvalue weighted by Gasteiger charge is -2.38. The molecule has 0 radical (unpaired) electrons. The van der Waals surface area contributed by atoms with E-state index in [1.807, 2.05) is 45.0 Å². The Hall–Kier alpha value is -1.75. The molecular formula is C18H26N2O3. The largest absolute Gasteiger partial charge is 0.487 e. The van der Waals surface area contributed by atoms with Crippen molar-refractivity contribution >= 4 is 6.03 Å². The predicted octanol–water partition coefficient (Wildman–Crippen LogP) is 2.75. The first kappa shape index (κ1) is 16.1. The lowest BCUT2D eigenvalue weighted by molar-refractivity contribution is 0.0671. The number of fused-ring (bicyclic) bond motifs is 1. The fraction of sp³-hybridized carbons (Fsp3) is 0.611. The molecule has 2 aliphatic rings. The predicted molar refractivity (Wildman–Crippen MR) is 88.4 cm³/mol. The van der Waals surface area contributed by atoms with Gasteiger partial charge in [-0.25, -0.2) is 4.79 Å². The van der Waals surface area contributed by atoms with Crippen LogP contribution in [0.15, 0.2) is 24.3 Å². The minimum atomic E-state index is -0.537. The summed E-state index contributed by atoms with van der Waals surface area (Å²) in [6, 6.07) is 7.48. The van der Waals surface area contributed by atoms with Crippen molar-refractivity contribution in [2.45, 2.75) is 57.2 Å². The number of rotatable bonds is 4. The zero-order chi connectivity index (χ0) is 16.7.